The fraction of sp³-hybridized carbons (Fsp3) is 0.286. The van der Waals surface area contributed by atoms with Crippen LogP contribution in [0.4, 0.5) is 30.7 Å². The van der Waals surface area contributed by atoms with Gasteiger partial charge in [0.05, 0.1) is 5.69 Å². The van der Waals surface area contributed by atoms with Crippen molar-refractivity contribution in [2.75, 3.05) is 0 Å². The summed E-state index contributed by atoms with van der Waals surface area (Å²) in [7, 11) is 0. The van der Waals surface area contributed by atoms with Gasteiger partial charge in [-0.15, -0.1) is 10.2 Å². The molecule has 3 heterocycles. The van der Waals surface area contributed by atoms with Gasteiger partial charge in [0.15, 0.2) is 17.6 Å². The molecule has 13 heteroatoms. The Hall–Kier alpha value is -2.99. The third-order valence-corrected chi connectivity index (χ3v) is 3.37. The molecular formula is C14H8F7N5O. The van der Waals surface area contributed by atoms with E-state index in [1.54, 1.807) is 0 Å². The highest BCUT2D eigenvalue weighted by molar-refractivity contribution is 5.59. The fourth-order valence-electron chi connectivity index (χ4n) is 2.01. The Morgan fingerprint density at radius 3 is 2.37 bits per heavy atom. The molecule has 0 aliphatic heterocycles. The Labute approximate surface area is 145 Å². The van der Waals surface area contributed by atoms with Crippen LogP contribution >= 0.6 is 0 Å². The Kier molecular flexibility index (Phi) is 4.40. The van der Waals surface area contributed by atoms with Gasteiger partial charge in [0.1, 0.15) is 0 Å². The second-order valence-electron chi connectivity index (χ2n) is 5.32. The summed E-state index contributed by atoms with van der Waals surface area (Å²) in [6.07, 6.45) is -10.9. The number of rotatable bonds is 3. The van der Waals surface area contributed by atoms with Gasteiger partial charge in [-0.25, -0.2) is 9.37 Å². The van der Waals surface area contributed by atoms with Gasteiger partial charge in [-0.05, 0) is 25.1 Å². The van der Waals surface area contributed by atoms with Crippen molar-refractivity contribution in [2.45, 2.75) is 25.4 Å². The molecule has 0 fully saturated rings. The van der Waals surface area contributed by atoms with Crippen LogP contribution < -0.4 is 4.74 Å². The molecule has 27 heavy (non-hydrogen) atoms. The average Bonchev–Trinajstić information content (AvgIpc) is 2.99. The van der Waals surface area contributed by atoms with E-state index in [-0.39, 0.29) is 16.9 Å². The number of aromatic nitrogens is 5. The molecular weight excluding hydrogens is 387 g/mol. The third kappa shape index (κ3) is 3.75. The SMILES string of the molecule is C[C@@H](Oc1ncc(-c2ccc3nnc(C(F)(F)F)n3n2)cc1F)C(F)(F)F. The zero-order valence-corrected chi connectivity index (χ0v) is 13.2. The first-order valence-electron chi connectivity index (χ1n) is 7.16. The van der Waals surface area contributed by atoms with Gasteiger partial charge >= 0.3 is 12.4 Å². The molecule has 0 aromatic carbocycles. The van der Waals surface area contributed by atoms with Gasteiger partial charge in [-0.2, -0.15) is 36.0 Å². The predicted molar refractivity (Wildman–Crippen MR) is 75.1 cm³/mol. The maximum Gasteiger partial charge on any atom is 0.453 e. The van der Waals surface area contributed by atoms with Crippen LogP contribution in [0.1, 0.15) is 12.7 Å². The van der Waals surface area contributed by atoms with Crippen molar-refractivity contribution < 1.29 is 35.5 Å². The Balaban J connectivity index is 1.96. The normalized spacial score (nSPS) is 13.8. The summed E-state index contributed by atoms with van der Waals surface area (Å²) in [5, 5.41) is 10.0. The van der Waals surface area contributed by atoms with Gasteiger partial charge in [-0.3, -0.25) is 0 Å². The number of pyridine rings is 1. The van der Waals surface area contributed by atoms with Crippen LogP contribution in [-0.2, 0) is 6.18 Å². The molecule has 144 valence electrons. The standard InChI is InChI=1S/C14H8F7N5O/c1-6(13(16,17)18)27-11-8(15)4-7(5-22-11)9-2-3-10-23-24-12(14(19,20)21)26(10)25-9/h2-6H,1H3/t6-/m1/s1. The lowest BCUT2D eigenvalue weighted by molar-refractivity contribution is -0.190. The number of halogens is 7. The van der Waals surface area contributed by atoms with E-state index < -0.39 is 36.0 Å². The highest BCUT2D eigenvalue weighted by Crippen LogP contribution is 2.29. The molecule has 0 unspecified atom stereocenters. The van der Waals surface area contributed by atoms with Crippen molar-refractivity contribution in [2.24, 2.45) is 0 Å². The highest BCUT2D eigenvalue weighted by atomic mass is 19.4. The summed E-state index contributed by atoms with van der Waals surface area (Å²) in [5.41, 5.74) is -0.406. The van der Waals surface area contributed by atoms with E-state index in [1.807, 2.05) is 0 Å². The molecule has 6 nitrogen and oxygen atoms in total. The highest BCUT2D eigenvalue weighted by Gasteiger charge is 2.39. The zero-order chi connectivity index (χ0) is 20.0. The maximum absolute atomic E-state index is 14.0. The molecule has 1 atom stereocenters. The Bertz CT molecular complexity index is 982. The number of fused-ring (bicyclic) bond motifs is 1. The Morgan fingerprint density at radius 2 is 1.78 bits per heavy atom. The first-order valence-corrected chi connectivity index (χ1v) is 7.16. The molecule has 0 amide bonds. The van der Waals surface area contributed by atoms with E-state index in [9.17, 15) is 30.7 Å². The van der Waals surface area contributed by atoms with Crippen LogP contribution in [0.25, 0.3) is 16.9 Å². The smallest absolute Gasteiger partial charge is 0.453 e. The summed E-state index contributed by atoms with van der Waals surface area (Å²) < 4.78 is 94.9. The van der Waals surface area contributed by atoms with E-state index in [1.165, 1.54) is 12.1 Å². The van der Waals surface area contributed by atoms with Crippen LogP contribution in [-0.4, -0.2) is 37.1 Å². The molecule has 0 spiro atoms. The molecule has 0 saturated carbocycles. The van der Waals surface area contributed by atoms with E-state index in [4.69, 9.17) is 0 Å². The predicted octanol–water partition coefficient (Wildman–Crippen LogP) is 3.67. The molecule has 0 saturated heterocycles. The van der Waals surface area contributed by atoms with Crippen LogP contribution in [0.15, 0.2) is 24.4 Å². The monoisotopic (exact) mass is 395 g/mol. The largest absolute Gasteiger partial charge is 0.463 e. The number of alkyl halides is 6. The second-order valence-corrected chi connectivity index (χ2v) is 5.32. The van der Waals surface area contributed by atoms with Gasteiger partial charge in [0.2, 0.25) is 0 Å². The molecule has 0 radical (unpaired) electrons. The molecule has 0 N–H and O–H groups in total. The molecule has 3 aromatic heterocycles. The minimum Gasteiger partial charge on any atom is -0.463 e. The Morgan fingerprint density at radius 1 is 1.07 bits per heavy atom. The number of hydrogen-bond acceptors (Lipinski definition) is 5. The topological polar surface area (TPSA) is 65.2 Å². The van der Waals surface area contributed by atoms with E-state index in [2.05, 4.69) is 25.0 Å². The minimum atomic E-state index is -4.82. The minimum absolute atomic E-state index is 0.0803. The van der Waals surface area contributed by atoms with Crippen molar-refractivity contribution in [3.05, 3.63) is 36.0 Å². The van der Waals surface area contributed by atoms with Crippen LogP contribution in [0, 0.1) is 5.82 Å². The lowest BCUT2D eigenvalue weighted by Crippen LogP contribution is -2.31. The summed E-state index contributed by atoms with van der Waals surface area (Å²) in [5.74, 6) is -3.51. The molecule has 3 rings (SSSR count). The van der Waals surface area contributed by atoms with Gasteiger partial charge < -0.3 is 4.74 Å². The second kappa shape index (κ2) is 6.32. The van der Waals surface area contributed by atoms with Crippen LogP contribution in [0.5, 0.6) is 5.88 Å². The van der Waals surface area contributed by atoms with Gasteiger partial charge in [-0.1, -0.05) is 0 Å². The summed E-state index contributed by atoms with van der Waals surface area (Å²) in [6.45, 7) is 0.676. The number of ether oxygens (including phenoxy) is 1. The summed E-state index contributed by atoms with van der Waals surface area (Å²) >= 11 is 0. The first kappa shape index (κ1) is 18.8. The summed E-state index contributed by atoms with van der Waals surface area (Å²) in [4.78, 5) is 3.45. The van der Waals surface area contributed by atoms with Crippen molar-refractivity contribution in [1.29, 1.82) is 0 Å². The van der Waals surface area contributed by atoms with Crippen LogP contribution in [0.3, 0.4) is 0 Å². The number of hydrogen-bond donors (Lipinski definition) is 0. The lowest BCUT2D eigenvalue weighted by Gasteiger charge is -2.17. The van der Waals surface area contributed by atoms with Crippen molar-refractivity contribution >= 4 is 5.65 Å². The average molecular weight is 395 g/mol. The lowest BCUT2D eigenvalue weighted by atomic mass is 10.2. The zero-order valence-electron chi connectivity index (χ0n) is 13.2. The third-order valence-electron chi connectivity index (χ3n) is 3.37. The number of nitrogens with zero attached hydrogens (tertiary/aromatic N) is 5. The van der Waals surface area contributed by atoms with E-state index >= 15 is 0 Å². The van der Waals surface area contributed by atoms with Crippen molar-refractivity contribution in [3.63, 3.8) is 0 Å². The molecule has 0 bridgehead atoms. The molecule has 0 aliphatic carbocycles. The first-order chi connectivity index (χ1) is 12.5. The van der Waals surface area contributed by atoms with Crippen LogP contribution in [0.2, 0.25) is 0 Å². The van der Waals surface area contributed by atoms with Crippen molar-refractivity contribution in [3.8, 4) is 17.1 Å². The van der Waals surface area contributed by atoms with Gasteiger partial charge in [0.25, 0.3) is 11.7 Å². The summed E-state index contributed by atoms with van der Waals surface area (Å²) in [6, 6.07) is 3.15. The molecule has 0 aliphatic rings. The van der Waals surface area contributed by atoms with Crippen molar-refractivity contribution in [1.82, 2.24) is 24.8 Å². The van der Waals surface area contributed by atoms with E-state index in [0.29, 0.717) is 11.4 Å². The van der Waals surface area contributed by atoms with Gasteiger partial charge in [0, 0.05) is 11.8 Å². The van der Waals surface area contributed by atoms with E-state index in [0.717, 1.165) is 12.3 Å². The quantitative estimate of drug-likeness (QED) is 0.634. The molecule has 3 aromatic rings. The fourth-order valence-corrected chi connectivity index (χ4v) is 2.01. The maximum atomic E-state index is 14.0.